The molecule has 0 spiro atoms. The van der Waals surface area contributed by atoms with Crippen LogP contribution in [0.1, 0.15) is 34.8 Å². The SMILES string of the molecule is O=C(c1ccccc1)N1CCCC1c1ccc[nH]c1=O. The number of nitrogens with zero attached hydrogens (tertiary/aromatic N) is 1. The average Bonchev–Trinajstić information content (AvgIpc) is 2.97. The van der Waals surface area contributed by atoms with Crippen LogP contribution in [0.2, 0.25) is 0 Å². The van der Waals surface area contributed by atoms with E-state index >= 15 is 0 Å². The number of rotatable bonds is 2. The molecule has 2 heterocycles. The number of aromatic nitrogens is 1. The van der Waals surface area contributed by atoms with Crippen molar-refractivity contribution in [3.05, 3.63) is 70.1 Å². The van der Waals surface area contributed by atoms with E-state index in [-0.39, 0.29) is 17.5 Å². The summed E-state index contributed by atoms with van der Waals surface area (Å²) in [5.74, 6) is -0.00338. The number of benzene rings is 1. The Kier molecular flexibility index (Phi) is 3.37. The van der Waals surface area contributed by atoms with Gasteiger partial charge in [0.15, 0.2) is 0 Å². The molecule has 20 heavy (non-hydrogen) atoms. The summed E-state index contributed by atoms with van der Waals surface area (Å²) >= 11 is 0. The minimum atomic E-state index is -0.118. The van der Waals surface area contributed by atoms with Gasteiger partial charge >= 0.3 is 0 Å². The smallest absolute Gasteiger partial charge is 0.254 e. The molecule has 1 aliphatic heterocycles. The van der Waals surface area contributed by atoms with Gasteiger partial charge in [0, 0.05) is 23.9 Å². The monoisotopic (exact) mass is 268 g/mol. The van der Waals surface area contributed by atoms with Crippen molar-refractivity contribution in [3.8, 4) is 0 Å². The Morgan fingerprint density at radius 2 is 1.95 bits per heavy atom. The summed E-state index contributed by atoms with van der Waals surface area (Å²) in [7, 11) is 0. The first-order valence-corrected chi connectivity index (χ1v) is 6.81. The van der Waals surface area contributed by atoms with E-state index in [1.54, 1.807) is 23.2 Å². The van der Waals surface area contributed by atoms with Crippen LogP contribution in [-0.2, 0) is 0 Å². The van der Waals surface area contributed by atoms with E-state index in [0.29, 0.717) is 17.7 Å². The fraction of sp³-hybridized carbons (Fsp3) is 0.250. The Hall–Kier alpha value is -2.36. The molecule has 1 aliphatic rings. The van der Waals surface area contributed by atoms with E-state index in [1.807, 2.05) is 30.3 Å². The Labute approximate surface area is 117 Å². The molecular formula is C16H16N2O2. The molecule has 1 aromatic heterocycles. The zero-order valence-corrected chi connectivity index (χ0v) is 11.1. The van der Waals surface area contributed by atoms with E-state index in [0.717, 1.165) is 12.8 Å². The van der Waals surface area contributed by atoms with E-state index in [9.17, 15) is 9.59 Å². The van der Waals surface area contributed by atoms with Crippen molar-refractivity contribution in [1.29, 1.82) is 0 Å². The second kappa shape index (κ2) is 5.33. The number of hydrogen-bond donors (Lipinski definition) is 1. The van der Waals surface area contributed by atoms with Crippen molar-refractivity contribution >= 4 is 5.91 Å². The van der Waals surface area contributed by atoms with Crippen LogP contribution in [-0.4, -0.2) is 22.3 Å². The van der Waals surface area contributed by atoms with Gasteiger partial charge in [-0.1, -0.05) is 18.2 Å². The normalized spacial score (nSPS) is 18.2. The molecule has 1 amide bonds. The number of likely N-dealkylation sites (tertiary alicyclic amines) is 1. The van der Waals surface area contributed by atoms with Crippen LogP contribution in [0.25, 0.3) is 0 Å². The molecule has 1 fully saturated rings. The van der Waals surface area contributed by atoms with Gasteiger partial charge in [-0.15, -0.1) is 0 Å². The van der Waals surface area contributed by atoms with E-state index in [4.69, 9.17) is 0 Å². The molecule has 0 aliphatic carbocycles. The highest BCUT2D eigenvalue weighted by molar-refractivity contribution is 5.94. The lowest BCUT2D eigenvalue weighted by Gasteiger charge is -2.24. The molecule has 1 atom stereocenters. The standard InChI is InChI=1S/C16H16N2O2/c19-15-13(8-4-10-17-15)14-9-5-11-18(14)16(20)12-6-2-1-3-7-12/h1-4,6-8,10,14H,5,9,11H2,(H,17,19). The molecule has 1 N–H and O–H groups in total. The Morgan fingerprint density at radius 3 is 2.70 bits per heavy atom. The first-order valence-electron chi connectivity index (χ1n) is 6.81. The molecule has 3 rings (SSSR count). The van der Waals surface area contributed by atoms with Gasteiger partial charge in [0.2, 0.25) is 0 Å². The molecule has 1 aromatic carbocycles. The fourth-order valence-corrected chi connectivity index (χ4v) is 2.78. The number of hydrogen-bond acceptors (Lipinski definition) is 2. The average molecular weight is 268 g/mol. The van der Waals surface area contributed by atoms with Crippen molar-refractivity contribution in [2.75, 3.05) is 6.54 Å². The molecule has 1 saturated heterocycles. The third-order valence-electron chi connectivity index (χ3n) is 3.74. The van der Waals surface area contributed by atoms with Crippen molar-refractivity contribution in [1.82, 2.24) is 9.88 Å². The van der Waals surface area contributed by atoms with Gasteiger partial charge in [0.1, 0.15) is 0 Å². The lowest BCUT2D eigenvalue weighted by Crippen LogP contribution is -2.33. The fourth-order valence-electron chi connectivity index (χ4n) is 2.78. The summed E-state index contributed by atoms with van der Waals surface area (Å²) in [5.41, 5.74) is 1.24. The van der Waals surface area contributed by atoms with Crippen LogP contribution in [0.4, 0.5) is 0 Å². The van der Waals surface area contributed by atoms with Gasteiger partial charge in [-0.3, -0.25) is 9.59 Å². The van der Waals surface area contributed by atoms with Crippen LogP contribution in [0.15, 0.2) is 53.5 Å². The molecule has 0 bridgehead atoms. The van der Waals surface area contributed by atoms with Crippen molar-refractivity contribution < 1.29 is 4.79 Å². The van der Waals surface area contributed by atoms with Crippen LogP contribution in [0, 0.1) is 0 Å². The van der Waals surface area contributed by atoms with Gasteiger partial charge < -0.3 is 9.88 Å². The molecule has 2 aromatic rings. The van der Waals surface area contributed by atoms with Gasteiger partial charge in [-0.2, -0.15) is 0 Å². The lowest BCUT2D eigenvalue weighted by atomic mass is 10.1. The number of H-pyrrole nitrogens is 1. The molecule has 1 unspecified atom stereocenters. The second-order valence-corrected chi connectivity index (χ2v) is 4.98. The van der Waals surface area contributed by atoms with Gasteiger partial charge in [-0.25, -0.2) is 0 Å². The summed E-state index contributed by atoms with van der Waals surface area (Å²) in [6, 6.07) is 12.7. The molecule has 0 saturated carbocycles. The molecule has 102 valence electrons. The summed E-state index contributed by atoms with van der Waals surface area (Å²) in [6.45, 7) is 0.701. The van der Waals surface area contributed by atoms with Gasteiger partial charge in [0.25, 0.3) is 11.5 Å². The Balaban J connectivity index is 1.92. The van der Waals surface area contributed by atoms with Crippen LogP contribution in [0.3, 0.4) is 0 Å². The predicted octanol–water partition coefficient (Wildman–Crippen LogP) is 2.35. The lowest BCUT2D eigenvalue weighted by molar-refractivity contribution is 0.0735. The Bertz CT molecular complexity index is 663. The van der Waals surface area contributed by atoms with Crippen LogP contribution >= 0.6 is 0 Å². The first kappa shape index (κ1) is 12.7. The second-order valence-electron chi connectivity index (χ2n) is 4.98. The topological polar surface area (TPSA) is 53.2 Å². The van der Waals surface area contributed by atoms with Crippen LogP contribution in [0.5, 0.6) is 0 Å². The summed E-state index contributed by atoms with van der Waals surface area (Å²) in [5, 5.41) is 0. The summed E-state index contributed by atoms with van der Waals surface area (Å²) < 4.78 is 0. The molecule has 0 radical (unpaired) electrons. The predicted molar refractivity (Wildman–Crippen MR) is 76.5 cm³/mol. The van der Waals surface area contributed by atoms with E-state index < -0.39 is 0 Å². The summed E-state index contributed by atoms with van der Waals surface area (Å²) in [6.07, 6.45) is 3.38. The number of aromatic amines is 1. The number of carbonyl (C=O) groups is 1. The van der Waals surface area contributed by atoms with Crippen molar-refractivity contribution in [3.63, 3.8) is 0 Å². The minimum absolute atomic E-state index is 0.00338. The third-order valence-corrected chi connectivity index (χ3v) is 3.74. The van der Waals surface area contributed by atoms with Gasteiger partial charge in [-0.05, 0) is 37.1 Å². The number of amides is 1. The largest absolute Gasteiger partial charge is 0.331 e. The van der Waals surface area contributed by atoms with Crippen molar-refractivity contribution in [2.24, 2.45) is 0 Å². The highest BCUT2D eigenvalue weighted by Crippen LogP contribution is 2.31. The highest BCUT2D eigenvalue weighted by atomic mass is 16.2. The quantitative estimate of drug-likeness (QED) is 0.909. The maximum atomic E-state index is 12.6. The third kappa shape index (κ3) is 2.25. The van der Waals surface area contributed by atoms with E-state index in [1.165, 1.54) is 0 Å². The van der Waals surface area contributed by atoms with Gasteiger partial charge in [0.05, 0.1) is 6.04 Å². The molecular weight excluding hydrogens is 252 g/mol. The summed E-state index contributed by atoms with van der Waals surface area (Å²) in [4.78, 5) is 29.0. The number of nitrogens with one attached hydrogen (secondary N) is 1. The molecule has 4 nitrogen and oxygen atoms in total. The maximum absolute atomic E-state index is 12.6. The highest BCUT2D eigenvalue weighted by Gasteiger charge is 2.31. The number of carbonyl (C=O) groups excluding carboxylic acids is 1. The molecule has 4 heteroatoms. The van der Waals surface area contributed by atoms with Crippen molar-refractivity contribution in [2.45, 2.75) is 18.9 Å². The Morgan fingerprint density at radius 1 is 1.15 bits per heavy atom. The zero-order valence-electron chi connectivity index (χ0n) is 11.1. The minimum Gasteiger partial charge on any atom is -0.331 e. The maximum Gasteiger partial charge on any atom is 0.254 e. The van der Waals surface area contributed by atoms with E-state index in [2.05, 4.69) is 4.98 Å². The number of pyridine rings is 1. The first-order chi connectivity index (χ1) is 9.77. The zero-order chi connectivity index (χ0) is 13.9. The van der Waals surface area contributed by atoms with Crippen LogP contribution < -0.4 is 5.56 Å².